The minimum Gasteiger partial charge on any atom is -0.497 e. The van der Waals surface area contributed by atoms with Crippen LogP contribution in [0.1, 0.15) is 42.4 Å². The molecule has 1 aromatic heterocycles. The summed E-state index contributed by atoms with van der Waals surface area (Å²) < 4.78 is 12.9. The highest BCUT2D eigenvalue weighted by Crippen LogP contribution is 2.23. The molecule has 2 aromatic rings. The molecule has 0 N–H and O–H groups in total. The summed E-state index contributed by atoms with van der Waals surface area (Å²) in [6, 6.07) is 9.56. The van der Waals surface area contributed by atoms with E-state index in [0.29, 0.717) is 18.2 Å². The molecule has 1 fully saturated rings. The van der Waals surface area contributed by atoms with Crippen LogP contribution < -0.4 is 9.47 Å². The molecule has 1 atom stereocenters. The minimum atomic E-state index is 0.0680. The molecule has 2 heterocycles. The first-order valence-electron chi connectivity index (χ1n) is 9.69. The fourth-order valence-electron chi connectivity index (χ4n) is 3.56. The highest BCUT2D eigenvalue weighted by atomic mass is 16.5. The van der Waals surface area contributed by atoms with E-state index < -0.39 is 0 Å². The molecule has 146 valence electrons. The van der Waals surface area contributed by atoms with Crippen molar-refractivity contribution in [3.63, 3.8) is 0 Å². The zero-order valence-electron chi connectivity index (χ0n) is 16.5. The topological polar surface area (TPSA) is 56.6 Å². The second kappa shape index (κ2) is 8.93. The van der Waals surface area contributed by atoms with Crippen LogP contribution in [-0.4, -0.2) is 47.4 Å². The van der Waals surface area contributed by atoms with E-state index in [1.54, 1.807) is 11.8 Å². The lowest BCUT2D eigenvalue weighted by molar-refractivity contribution is 0.0622. The average molecular weight is 371 g/mol. The number of methoxy groups -OCH3 is 1. The number of nitrogens with zero attached hydrogens (tertiary/aromatic N) is 3. The summed E-state index contributed by atoms with van der Waals surface area (Å²) in [5, 5.41) is 4.46. The highest BCUT2D eigenvalue weighted by molar-refractivity contribution is 5.92. The SMILES string of the molecule is CCCc1cc(C(=O)N2CCC[C@H](COc3cccc(OC)c3)C2)n(C)n1. The van der Waals surface area contributed by atoms with Gasteiger partial charge in [0.1, 0.15) is 17.2 Å². The summed E-state index contributed by atoms with van der Waals surface area (Å²) in [5.41, 5.74) is 1.66. The van der Waals surface area contributed by atoms with Gasteiger partial charge < -0.3 is 14.4 Å². The van der Waals surface area contributed by atoms with Crippen molar-refractivity contribution in [1.82, 2.24) is 14.7 Å². The van der Waals surface area contributed by atoms with Crippen molar-refractivity contribution in [3.05, 3.63) is 41.7 Å². The van der Waals surface area contributed by atoms with Crippen molar-refractivity contribution in [1.29, 1.82) is 0 Å². The Balaban J connectivity index is 1.59. The molecule has 6 nitrogen and oxygen atoms in total. The van der Waals surface area contributed by atoms with Crippen LogP contribution in [0.2, 0.25) is 0 Å². The second-order valence-electron chi connectivity index (χ2n) is 7.14. The predicted octanol–water partition coefficient (Wildman–Crippen LogP) is 3.31. The molecule has 0 radical (unpaired) electrons. The number of carbonyl (C=O) groups is 1. The molecular formula is C21H29N3O3. The van der Waals surface area contributed by atoms with Gasteiger partial charge in [0, 0.05) is 32.1 Å². The minimum absolute atomic E-state index is 0.0680. The van der Waals surface area contributed by atoms with Gasteiger partial charge in [-0.25, -0.2) is 0 Å². The van der Waals surface area contributed by atoms with Crippen molar-refractivity contribution in [3.8, 4) is 11.5 Å². The number of hydrogen-bond donors (Lipinski definition) is 0. The van der Waals surface area contributed by atoms with Crippen molar-refractivity contribution in [2.24, 2.45) is 13.0 Å². The van der Waals surface area contributed by atoms with E-state index in [-0.39, 0.29) is 5.91 Å². The predicted molar refractivity (Wildman–Crippen MR) is 104 cm³/mol. The van der Waals surface area contributed by atoms with Crippen molar-refractivity contribution in [2.75, 3.05) is 26.8 Å². The summed E-state index contributed by atoms with van der Waals surface area (Å²) in [7, 11) is 3.49. The summed E-state index contributed by atoms with van der Waals surface area (Å²) in [4.78, 5) is 14.9. The van der Waals surface area contributed by atoms with Gasteiger partial charge in [0.2, 0.25) is 0 Å². The molecule has 0 saturated carbocycles. The van der Waals surface area contributed by atoms with Crippen LogP contribution in [0.25, 0.3) is 0 Å². The van der Waals surface area contributed by atoms with Crippen LogP contribution in [-0.2, 0) is 13.5 Å². The van der Waals surface area contributed by atoms with E-state index in [1.165, 1.54) is 0 Å². The summed E-state index contributed by atoms with van der Waals surface area (Å²) in [5.74, 6) is 1.98. The van der Waals surface area contributed by atoms with Gasteiger partial charge in [-0.15, -0.1) is 0 Å². The lowest BCUT2D eigenvalue weighted by Crippen LogP contribution is -2.42. The van der Waals surface area contributed by atoms with E-state index in [4.69, 9.17) is 9.47 Å². The maximum atomic E-state index is 12.9. The maximum Gasteiger partial charge on any atom is 0.272 e. The molecular weight excluding hydrogens is 342 g/mol. The molecule has 0 spiro atoms. The van der Waals surface area contributed by atoms with Crippen LogP contribution in [0.5, 0.6) is 11.5 Å². The molecule has 1 aliphatic rings. The number of hydrogen-bond acceptors (Lipinski definition) is 4. The number of carbonyl (C=O) groups excluding carboxylic acids is 1. The quantitative estimate of drug-likeness (QED) is 0.749. The van der Waals surface area contributed by atoms with Crippen molar-refractivity contribution in [2.45, 2.75) is 32.6 Å². The van der Waals surface area contributed by atoms with Gasteiger partial charge in [0.15, 0.2) is 0 Å². The van der Waals surface area contributed by atoms with Crippen LogP contribution in [0, 0.1) is 5.92 Å². The van der Waals surface area contributed by atoms with E-state index in [1.807, 2.05) is 42.3 Å². The first kappa shape index (κ1) is 19.3. The smallest absolute Gasteiger partial charge is 0.272 e. The molecule has 1 amide bonds. The lowest BCUT2D eigenvalue weighted by atomic mass is 9.98. The van der Waals surface area contributed by atoms with Gasteiger partial charge in [-0.1, -0.05) is 19.4 Å². The Labute approximate surface area is 161 Å². The van der Waals surface area contributed by atoms with Crippen LogP contribution in [0.3, 0.4) is 0 Å². The number of likely N-dealkylation sites (tertiary alicyclic amines) is 1. The van der Waals surface area contributed by atoms with Crippen LogP contribution in [0.4, 0.5) is 0 Å². The zero-order valence-corrected chi connectivity index (χ0v) is 16.5. The molecule has 1 saturated heterocycles. The molecule has 0 unspecified atom stereocenters. The molecule has 0 aliphatic carbocycles. The summed E-state index contributed by atoms with van der Waals surface area (Å²) in [6.07, 6.45) is 3.99. The number of aromatic nitrogens is 2. The van der Waals surface area contributed by atoms with E-state index in [0.717, 1.165) is 56.0 Å². The van der Waals surface area contributed by atoms with Crippen molar-refractivity contribution < 1.29 is 14.3 Å². The maximum absolute atomic E-state index is 12.9. The number of aryl methyl sites for hydroxylation is 2. The van der Waals surface area contributed by atoms with Gasteiger partial charge in [0.05, 0.1) is 19.4 Å². The Morgan fingerprint density at radius 2 is 2.11 bits per heavy atom. The second-order valence-corrected chi connectivity index (χ2v) is 7.14. The van der Waals surface area contributed by atoms with Gasteiger partial charge in [-0.2, -0.15) is 5.10 Å². The Morgan fingerprint density at radius 3 is 2.89 bits per heavy atom. The highest BCUT2D eigenvalue weighted by Gasteiger charge is 2.27. The largest absolute Gasteiger partial charge is 0.497 e. The summed E-state index contributed by atoms with van der Waals surface area (Å²) >= 11 is 0. The van der Waals surface area contributed by atoms with Gasteiger partial charge in [-0.3, -0.25) is 9.48 Å². The van der Waals surface area contributed by atoms with E-state index >= 15 is 0 Å². The van der Waals surface area contributed by atoms with Crippen LogP contribution in [0.15, 0.2) is 30.3 Å². The number of rotatable bonds is 7. The summed E-state index contributed by atoms with van der Waals surface area (Å²) in [6.45, 7) is 4.23. The first-order chi connectivity index (χ1) is 13.1. The Hall–Kier alpha value is -2.50. The molecule has 1 aromatic carbocycles. The Bertz CT molecular complexity index is 772. The van der Waals surface area contributed by atoms with Gasteiger partial charge in [0.25, 0.3) is 5.91 Å². The Morgan fingerprint density at radius 1 is 1.30 bits per heavy atom. The number of piperidine rings is 1. The van der Waals surface area contributed by atoms with E-state index in [2.05, 4.69) is 12.0 Å². The van der Waals surface area contributed by atoms with Crippen molar-refractivity contribution >= 4 is 5.91 Å². The fraction of sp³-hybridized carbons (Fsp3) is 0.524. The zero-order chi connectivity index (χ0) is 19.2. The average Bonchev–Trinajstić information content (AvgIpc) is 3.06. The van der Waals surface area contributed by atoms with Gasteiger partial charge in [-0.05, 0) is 37.5 Å². The monoisotopic (exact) mass is 371 g/mol. The molecule has 3 rings (SSSR count). The van der Waals surface area contributed by atoms with Crippen LogP contribution >= 0.6 is 0 Å². The third kappa shape index (κ3) is 4.81. The van der Waals surface area contributed by atoms with Gasteiger partial charge >= 0.3 is 0 Å². The first-order valence-corrected chi connectivity index (χ1v) is 9.69. The third-order valence-electron chi connectivity index (χ3n) is 4.99. The third-order valence-corrected chi connectivity index (χ3v) is 4.99. The lowest BCUT2D eigenvalue weighted by Gasteiger charge is -2.32. The number of amides is 1. The number of ether oxygens (including phenoxy) is 2. The molecule has 27 heavy (non-hydrogen) atoms. The normalized spacial score (nSPS) is 17.0. The Kier molecular flexibility index (Phi) is 6.37. The standard InChI is InChI=1S/C21H29N3O3/c1-4-7-17-12-20(23(2)22-17)21(25)24-11-6-8-16(14-24)15-27-19-10-5-9-18(13-19)26-3/h5,9-10,12-13,16H,4,6-8,11,14-15H2,1-3H3/t16-/m0/s1. The fourth-order valence-corrected chi connectivity index (χ4v) is 3.56. The molecule has 0 bridgehead atoms. The number of benzene rings is 1. The molecule has 6 heteroatoms. The van der Waals surface area contributed by atoms with E-state index in [9.17, 15) is 4.79 Å². The molecule has 1 aliphatic heterocycles.